The minimum absolute atomic E-state index is 0.0193. The molecule has 0 bridgehead atoms. The normalized spacial score (nSPS) is 21.9. The zero-order chi connectivity index (χ0) is 18.2. The Hall–Kier alpha value is -1.87. The average Bonchev–Trinajstić information content (AvgIpc) is 2.82. The SMILES string of the molecule is CCN(CC)C1=CC(S)C2=c3cc/c(=C\C=C\N)cc3C(C)(C)C2=C1. The van der Waals surface area contributed by atoms with Crippen LogP contribution in [0.2, 0.25) is 0 Å². The first-order valence-electron chi connectivity index (χ1n) is 9.04. The third kappa shape index (κ3) is 2.95. The number of hydrogen-bond acceptors (Lipinski definition) is 3. The van der Waals surface area contributed by atoms with Crippen LogP contribution in [-0.2, 0) is 5.41 Å². The summed E-state index contributed by atoms with van der Waals surface area (Å²) >= 11 is 4.94. The molecule has 2 aliphatic carbocycles. The van der Waals surface area contributed by atoms with Gasteiger partial charge < -0.3 is 10.6 Å². The van der Waals surface area contributed by atoms with Gasteiger partial charge in [-0.1, -0.05) is 38.1 Å². The van der Waals surface area contributed by atoms with Gasteiger partial charge in [0.05, 0.1) is 0 Å². The Morgan fingerprint density at radius 2 is 1.96 bits per heavy atom. The van der Waals surface area contributed by atoms with Crippen LogP contribution in [0, 0.1) is 0 Å². The van der Waals surface area contributed by atoms with Crippen LogP contribution in [0.25, 0.3) is 11.6 Å². The van der Waals surface area contributed by atoms with Crippen LogP contribution in [-0.4, -0.2) is 23.2 Å². The molecule has 3 heteroatoms. The second-order valence-corrected chi connectivity index (χ2v) is 7.72. The number of likely N-dealkylation sites (N-methyl/N-ethyl adjacent to an activating group) is 1. The quantitative estimate of drug-likeness (QED) is 0.816. The molecule has 2 nitrogen and oxygen atoms in total. The van der Waals surface area contributed by atoms with Crippen molar-refractivity contribution < 1.29 is 0 Å². The minimum atomic E-state index is -0.0193. The Kier molecular flexibility index (Phi) is 4.88. The van der Waals surface area contributed by atoms with Gasteiger partial charge in [0.15, 0.2) is 0 Å². The lowest BCUT2D eigenvalue weighted by molar-refractivity contribution is 0.392. The van der Waals surface area contributed by atoms with E-state index < -0.39 is 0 Å². The molecule has 0 aromatic heterocycles. The van der Waals surface area contributed by atoms with Crippen LogP contribution in [0.5, 0.6) is 0 Å². The standard InChI is InChI=1S/C22H28N2S/c1-5-24(6-2)16-13-19-21(20(25)14-16)17-10-9-15(8-7-11-23)12-18(17)22(19,3)4/h7-14,20,25H,5-6,23H2,1-4H3/b11-7+,15-8+. The second-order valence-electron chi connectivity index (χ2n) is 7.16. The maximum absolute atomic E-state index is 5.48. The molecular formula is C22H28N2S. The summed E-state index contributed by atoms with van der Waals surface area (Å²) in [6.45, 7) is 11.1. The summed E-state index contributed by atoms with van der Waals surface area (Å²) in [4.78, 5) is 2.40. The fourth-order valence-electron chi connectivity index (χ4n) is 4.01. The number of allylic oxidation sites excluding steroid dienone is 3. The molecule has 1 unspecified atom stereocenters. The molecule has 1 aromatic rings. The molecular weight excluding hydrogens is 324 g/mol. The largest absolute Gasteiger partial charge is 0.405 e. The van der Waals surface area contributed by atoms with Crippen LogP contribution in [0.3, 0.4) is 0 Å². The fourth-order valence-corrected chi connectivity index (χ4v) is 4.45. The first-order chi connectivity index (χ1) is 11.9. The van der Waals surface area contributed by atoms with Crippen molar-refractivity contribution in [1.29, 1.82) is 0 Å². The van der Waals surface area contributed by atoms with Gasteiger partial charge >= 0.3 is 0 Å². The second kappa shape index (κ2) is 6.80. The molecule has 0 fully saturated rings. The van der Waals surface area contributed by atoms with Gasteiger partial charge in [0, 0.05) is 29.5 Å². The highest BCUT2D eigenvalue weighted by atomic mass is 32.1. The van der Waals surface area contributed by atoms with Gasteiger partial charge in [-0.15, -0.1) is 0 Å². The summed E-state index contributed by atoms with van der Waals surface area (Å²) in [5, 5.41) is 2.65. The monoisotopic (exact) mass is 352 g/mol. The summed E-state index contributed by atoms with van der Waals surface area (Å²) in [5.41, 5.74) is 10.9. The third-order valence-corrected chi connectivity index (χ3v) is 5.82. The Bertz CT molecular complexity index is 883. The number of benzene rings is 1. The van der Waals surface area contributed by atoms with E-state index in [0.29, 0.717) is 0 Å². The molecule has 1 atom stereocenters. The number of nitrogens with zero attached hydrogens (tertiary/aromatic N) is 1. The summed E-state index contributed by atoms with van der Waals surface area (Å²) in [5.74, 6) is 0. The summed E-state index contributed by atoms with van der Waals surface area (Å²) < 4.78 is 0. The van der Waals surface area contributed by atoms with E-state index in [1.807, 2.05) is 6.08 Å². The van der Waals surface area contributed by atoms with Crippen LogP contribution < -0.4 is 16.2 Å². The van der Waals surface area contributed by atoms with E-state index in [-0.39, 0.29) is 10.7 Å². The fraction of sp³-hybridized carbons (Fsp3) is 0.364. The molecule has 0 aliphatic heterocycles. The number of rotatable bonds is 4. The van der Waals surface area contributed by atoms with E-state index in [9.17, 15) is 0 Å². The molecule has 1 aromatic carbocycles. The summed E-state index contributed by atoms with van der Waals surface area (Å²) in [6.07, 6.45) is 10.2. The highest BCUT2D eigenvalue weighted by Crippen LogP contribution is 2.44. The number of nitrogens with two attached hydrogens (primary N) is 1. The van der Waals surface area contributed by atoms with Gasteiger partial charge in [-0.25, -0.2) is 0 Å². The van der Waals surface area contributed by atoms with Crippen molar-refractivity contribution in [3.8, 4) is 0 Å². The van der Waals surface area contributed by atoms with Gasteiger partial charge in [0.25, 0.3) is 0 Å². The molecule has 25 heavy (non-hydrogen) atoms. The van der Waals surface area contributed by atoms with Crippen molar-refractivity contribution in [2.45, 2.75) is 38.4 Å². The topological polar surface area (TPSA) is 29.3 Å². The maximum atomic E-state index is 5.48. The zero-order valence-corrected chi connectivity index (χ0v) is 16.5. The zero-order valence-electron chi connectivity index (χ0n) is 15.6. The van der Waals surface area contributed by atoms with Crippen LogP contribution in [0.15, 0.2) is 53.9 Å². The summed E-state index contributed by atoms with van der Waals surface area (Å²) in [6, 6.07) is 6.69. The van der Waals surface area contributed by atoms with E-state index in [4.69, 9.17) is 18.4 Å². The lowest BCUT2D eigenvalue weighted by Crippen LogP contribution is -2.27. The molecule has 132 valence electrons. The van der Waals surface area contributed by atoms with Crippen LogP contribution in [0.1, 0.15) is 33.3 Å². The van der Waals surface area contributed by atoms with Crippen LogP contribution >= 0.6 is 12.6 Å². The molecule has 0 amide bonds. The molecule has 0 radical (unpaired) electrons. The number of thiol groups is 1. The molecule has 3 rings (SSSR count). The molecule has 0 spiro atoms. The van der Waals surface area contributed by atoms with Crippen molar-refractivity contribution >= 4 is 24.3 Å². The first-order valence-corrected chi connectivity index (χ1v) is 9.56. The number of fused-ring (bicyclic) bond motifs is 2. The molecule has 2 N–H and O–H groups in total. The van der Waals surface area contributed by atoms with Gasteiger partial charge in [-0.3, -0.25) is 0 Å². The van der Waals surface area contributed by atoms with E-state index >= 15 is 0 Å². The molecule has 2 aliphatic rings. The molecule has 0 heterocycles. The van der Waals surface area contributed by atoms with Gasteiger partial charge in [-0.2, -0.15) is 12.6 Å². The van der Waals surface area contributed by atoms with Gasteiger partial charge in [0.2, 0.25) is 0 Å². The third-order valence-electron chi connectivity index (χ3n) is 5.42. The average molecular weight is 353 g/mol. The van der Waals surface area contributed by atoms with Crippen molar-refractivity contribution in [3.63, 3.8) is 0 Å². The van der Waals surface area contributed by atoms with E-state index in [0.717, 1.165) is 13.1 Å². The number of hydrogen-bond donors (Lipinski definition) is 2. The maximum Gasteiger partial charge on any atom is 0.0478 e. The Balaban J connectivity index is 2.19. The highest BCUT2D eigenvalue weighted by molar-refractivity contribution is 7.81. The molecule has 0 saturated carbocycles. The van der Waals surface area contributed by atoms with E-state index in [1.54, 1.807) is 6.20 Å². The van der Waals surface area contributed by atoms with Crippen molar-refractivity contribution in [1.82, 2.24) is 4.90 Å². The highest BCUT2D eigenvalue weighted by Gasteiger charge is 2.39. The minimum Gasteiger partial charge on any atom is -0.405 e. The Morgan fingerprint density at radius 1 is 1.24 bits per heavy atom. The first kappa shape index (κ1) is 17.9. The lowest BCUT2D eigenvalue weighted by Gasteiger charge is -2.32. The van der Waals surface area contributed by atoms with Gasteiger partial charge in [0.1, 0.15) is 0 Å². The Labute approximate surface area is 156 Å². The Morgan fingerprint density at radius 3 is 2.60 bits per heavy atom. The van der Waals surface area contributed by atoms with Crippen molar-refractivity contribution in [2.24, 2.45) is 5.73 Å². The van der Waals surface area contributed by atoms with E-state index in [2.05, 4.69) is 69.0 Å². The van der Waals surface area contributed by atoms with E-state index in [1.165, 1.54) is 32.8 Å². The smallest absolute Gasteiger partial charge is 0.0478 e. The van der Waals surface area contributed by atoms with Crippen LogP contribution in [0.4, 0.5) is 0 Å². The lowest BCUT2D eigenvalue weighted by atomic mass is 9.78. The van der Waals surface area contributed by atoms with Gasteiger partial charge in [-0.05, 0) is 65.4 Å². The van der Waals surface area contributed by atoms with Crippen molar-refractivity contribution in [3.05, 3.63) is 69.9 Å². The predicted octanol–water partition coefficient (Wildman–Crippen LogP) is 2.85. The van der Waals surface area contributed by atoms with Crippen molar-refractivity contribution in [2.75, 3.05) is 13.1 Å². The molecule has 0 saturated heterocycles. The predicted molar refractivity (Wildman–Crippen MR) is 112 cm³/mol. The summed E-state index contributed by atoms with van der Waals surface area (Å²) in [7, 11) is 0.